The molecule has 0 saturated heterocycles. The molecule has 0 aliphatic heterocycles. The number of anilines is 1. The molecule has 2 aromatic rings. The summed E-state index contributed by atoms with van der Waals surface area (Å²) in [5, 5.41) is 14.0. The van der Waals surface area contributed by atoms with Crippen molar-refractivity contribution < 1.29 is 14.3 Å². The molecule has 0 saturated carbocycles. The number of esters is 1. The number of methoxy groups -OCH3 is 1. The van der Waals surface area contributed by atoms with Crippen LogP contribution in [0.4, 0.5) is 5.00 Å². The predicted molar refractivity (Wildman–Crippen MR) is 94.7 cm³/mol. The molecule has 0 fully saturated rings. The van der Waals surface area contributed by atoms with Crippen LogP contribution in [0, 0.1) is 0 Å². The number of nitrogens with zero attached hydrogens (tertiary/aromatic N) is 3. The number of rotatable bonds is 8. The highest BCUT2D eigenvalue weighted by Gasteiger charge is 2.17. The van der Waals surface area contributed by atoms with Crippen molar-refractivity contribution in [2.75, 3.05) is 18.2 Å². The number of aryl methyl sites for hydroxylation is 1. The number of hydrogen-bond donors (Lipinski definition) is 1. The minimum Gasteiger partial charge on any atom is -0.465 e. The molecule has 7 nitrogen and oxygen atoms in total. The van der Waals surface area contributed by atoms with Gasteiger partial charge in [0.1, 0.15) is 10.8 Å². The summed E-state index contributed by atoms with van der Waals surface area (Å²) in [5.74, 6) is 0.460. The molecule has 0 atom stereocenters. The third kappa shape index (κ3) is 4.35. The van der Waals surface area contributed by atoms with E-state index in [1.54, 1.807) is 11.4 Å². The Bertz CT molecular complexity index is 711. The average molecular weight is 368 g/mol. The number of carbonyl (C=O) groups is 2. The summed E-state index contributed by atoms with van der Waals surface area (Å²) in [6.07, 6.45) is 1.78. The van der Waals surface area contributed by atoms with Crippen molar-refractivity contribution in [1.82, 2.24) is 14.8 Å². The first-order valence-corrected chi connectivity index (χ1v) is 9.47. The molecule has 1 amide bonds. The van der Waals surface area contributed by atoms with Gasteiger partial charge in [0.05, 0.1) is 18.4 Å². The quantitative estimate of drug-likeness (QED) is 0.569. The van der Waals surface area contributed by atoms with E-state index < -0.39 is 5.97 Å². The Morgan fingerprint density at radius 3 is 2.83 bits per heavy atom. The van der Waals surface area contributed by atoms with Gasteiger partial charge in [0.25, 0.3) is 0 Å². The fourth-order valence-corrected chi connectivity index (χ4v) is 3.68. The van der Waals surface area contributed by atoms with E-state index in [9.17, 15) is 9.59 Å². The lowest BCUT2D eigenvalue weighted by Gasteiger charge is -2.08. The Hall–Kier alpha value is -1.87. The van der Waals surface area contributed by atoms with E-state index in [1.807, 2.05) is 11.5 Å². The smallest absolute Gasteiger partial charge is 0.340 e. The number of hydrogen-bond acceptors (Lipinski definition) is 7. The molecular formula is C15H20N4O3S2. The Kier molecular flexibility index (Phi) is 6.80. The second-order valence-electron chi connectivity index (χ2n) is 4.90. The Morgan fingerprint density at radius 2 is 2.17 bits per heavy atom. The average Bonchev–Trinajstić information content (AvgIpc) is 3.19. The van der Waals surface area contributed by atoms with Gasteiger partial charge in [-0.2, -0.15) is 0 Å². The lowest BCUT2D eigenvalue weighted by molar-refractivity contribution is -0.113. The summed E-state index contributed by atoms with van der Waals surface area (Å²) < 4.78 is 6.74. The first kappa shape index (κ1) is 18.5. The van der Waals surface area contributed by atoms with Crippen LogP contribution in [0.2, 0.25) is 0 Å². The normalized spacial score (nSPS) is 10.6. The van der Waals surface area contributed by atoms with Crippen molar-refractivity contribution in [3.63, 3.8) is 0 Å². The minimum absolute atomic E-state index is 0.197. The summed E-state index contributed by atoms with van der Waals surface area (Å²) in [6.45, 7) is 4.95. The van der Waals surface area contributed by atoms with Gasteiger partial charge in [-0.05, 0) is 17.9 Å². The lowest BCUT2D eigenvalue weighted by atomic mass is 10.3. The third-order valence-electron chi connectivity index (χ3n) is 3.21. The number of amides is 1. The monoisotopic (exact) mass is 368 g/mol. The highest BCUT2D eigenvalue weighted by molar-refractivity contribution is 7.99. The van der Waals surface area contributed by atoms with Crippen molar-refractivity contribution >= 4 is 40.0 Å². The largest absolute Gasteiger partial charge is 0.465 e. The summed E-state index contributed by atoms with van der Waals surface area (Å²) in [4.78, 5) is 23.8. The molecule has 2 heterocycles. The minimum atomic E-state index is -0.463. The van der Waals surface area contributed by atoms with Crippen LogP contribution in [0.3, 0.4) is 0 Å². The second-order valence-corrected chi connectivity index (χ2v) is 6.75. The maximum absolute atomic E-state index is 12.2. The molecule has 0 unspecified atom stereocenters. The maximum Gasteiger partial charge on any atom is 0.340 e. The van der Waals surface area contributed by atoms with Crippen molar-refractivity contribution in [1.29, 1.82) is 0 Å². The molecule has 24 heavy (non-hydrogen) atoms. The molecule has 2 aromatic heterocycles. The predicted octanol–water partition coefficient (Wildman–Crippen LogP) is 2.83. The van der Waals surface area contributed by atoms with Crippen LogP contribution >= 0.6 is 23.1 Å². The zero-order chi connectivity index (χ0) is 17.5. The number of ether oxygens (including phenoxy) is 1. The molecule has 130 valence electrons. The molecule has 0 aromatic carbocycles. The van der Waals surface area contributed by atoms with Crippen molar-refractivity contribution in [3.05, 3.63) is 22.8 Å². The first-order valence-electron chi connectivity index (χ1n) is 7.61. The Balaban J connectivity index is 1.98. The highest BCUT2D eigenvalue weighted by Crippen LogP contribution is 2.25. The molecule has 0 aliphatic rings. The van der Waals surface area contributed by atoms with Crippen LogP contribution in [0.25, 0.3) is 0 Å². The lowest BCUT2D eigenvalue weighted by Crippen LogP contribution is -2.16. The van der Waals surface area contributed by atoms with Gasteiger partial charge in [-0.25, -0.2) is 4.79 Å². The standard InChI is InChI=1S/C15H20N4O3S2/c1-4-7-19-11(5-2)17-18-15(19)24-9-12(20)16-13-10(6-8-23-13)14(21)22-3/h6,8H,4-5,7,9H2,1-3H3,(H,16,20). The van der Waals surface area contributed by atoms with Crippen molar-refractivity contribution in [2.45, 2.75) is 38.4 Å². The molecule has 0 aliphatic carbocycles. The number of carbonyl (C=O) groups excluding carboxylic acids is 2. The number of aromatic nitrogens is 3. The SMILES string of the molecule is CCCn1c(CC)nnc1SCC(=O)Nc1sccc1C(=O)OC. The number of nitrogens with one attached hydrogen (secondary N) is 1. The van der Waals surface area contributed by atoms with E-state index >= 15 is 0 Å². The maximum atomic E-state index is 12.2. The van der Waals surface area contributed by atoms with Crippen LogP contribution in [0.15, 0.2) is 16.6 Å². The number of thiophene rings is 1. The van der Waals surface area contributed by atoms with Crippen molar-refractivity contribution in [2.24, 2.45) is 0 Å². The summed E-state index contributed by atoms with van der Waals surface area (Å²) in [6, 6.07) is 1.63. The van der Waals surface area contributed by atoms with E-state index in [0.29, 0.717) is 10.6 Å². The van der Waals surface area contributed by atoms with E-state index in [-0.39, 0.29) is 11.7 Å². The van der Waals surface area contributed by atoms with Crippen LogP contribution < -0.4 is 5.32 Å². The van der Waals surface area contributed by atoms with Gasteiger partial charge in [0, 0.05) is 13.0 Å². The summed E-state index contributed by atoms with van der Waals surface area (Å²) in [7, 11) is 1.31. The van der Waals surface area contributed by atoms with Gasteiger partial charge < -0.3 is 14.6 Å². The highest BCUT2D eigenvalue weighted by atomic mass is 32.2. The van der Waals surface area contributed by atoms with Crippen molar-refractivity contribution in [3.8, 4) is 0 Å². The Morgan fingerprint density at radius 1 is 1.38 bits per heavy atom. The molecule has 0 bridgehead atoms. The second kappa shape index (κ2) is 8.84. The van der Waals surface area contributed by atoms with E-state index in [2.05, 4.69) is 22.4 Å². The zero-order valence-corrected chi connectivity index (χ0v) is 15.5. The molecular weight excluding hydrogens is 348 g/mol. The van der Waals surface area contributed by atoms with Gasteiger partial charge in [-0.15, -0.1) is 21.5 Å². The molecule has 1 N–H and O–H groups in total. The summed E-state index contributed by atoms with van der Waals surface area (Å²) in [5.41, 5.74) is 0.364. The van der Waals surface area contributed by atoms with Crippen LogP contribution in [0.1, 0.15) is 36.5 Å². The molecule has 0 radical (unpaired) electrons. The third-order valence-corrected chi connectivity index (χ3v) is 5.01. The Labute approximate surface area is 148 Å². The van der Waals surface area contributed by atoms with Gasteiger partial charge in [-0.3, -0.25) is 4.79 Å². The van der Waals surface area contributed by atoms with Crippen LogP contribution in [-0.4, -0.2) is 39.5 Å². The fraction of sp³-hybridized carbons (Fsp3) is 0.467. The van der Waals surface area contributed by atoms with Gasteiger partial charge >= 0.3 is 5.97 Å². The number of thioether (sulfide) groups is 1. The zero-order valence-electron chi connectivity index (χ0n) is 13.9. The molecule has 0 spiro atoms. The van der Waals surface area contributed by atoms with Crippen LogP contribution in [-0.2, 0) is 22.5 Å². The fourth-order valence-electron chi connectivity index (χ4n) is 2.11. The van der Waals surface area contributed by atoms with Crippen LogP contribution in [0.5, 0.6) is 0 Å². The van der Waals surface area contributed by atoms with Gasteiger partial charge in [0.2, 0.25) is 5.91 Å². The first-order chi connectivity index (χ1) is 11.6. The molecule has 2 rings (SSSR count). The van der Waals surface area contributed by atoms with E-state index in [1.165, 1.54) is 30.2 Å². The molecule has 9 heteroatoms. The topological polar surface area (TPSA) is 86.1 Å². The van der Waals surface area contributed by atoms with Gasteiger partial charge in [-0.1, -0.05) is 25.6 Å². The van der Waals surface area contributed by atoms with E-state index in [4.69, 9.17) is 4.74 Å². The van der Waals surface area contributed by atoms with Gasteiger partial charge in [0.15, 0.2) is 5.16 Å². The summed E-state index contributed by atoms with van der Waals surface area (Å²) >= 11 is 2.63. The van der Waals surface area contributed by atoms with E-state index in [0.717, 1.165) is 30.4 Å².